The summed E-state index contributed by atoms with van der Waals surface area (Å²) in [6, 6.07) is 7.51. The Morgan fingerprint density at radius 1 is 1.40 bits per heavy atom. The summed E-state index contributed by atoms with van der Waals surface area (Å²) in [6.45, 7) is 10.9. The van der Waals surface area contributed by atoms with Crippen molar-refractivity contribution in [2.75, 3.05) is 5.73 Å². The second-order valence-electron chi connectivity index (χ2n) is 5.17. The third-order valence-corrected chi connectivity index (χ3v) is 3.26. The minimum Gasteiger partial charge on any atom is -0.393 e. The van der Waals surface area contributed by atoms with E-state index in [1.165, 1.54) is 4.68 Å². The zero-order valence-electron chi connectivity index (χ0n) is 11.3. The van der Waals surface area contributed by atoms with Crippen LogP contribution in [0.4, 0.5) is 11.5 Å². The number of nitrogens with two attached hydrogens (primary N) is 1. The number of anilines is 1. The number of aliphatic hydroxyl groups is 1. The van der Waals surface area contributed by atoms with Crippen molar-refractivity contribution < 1.29 is 5.11 Å². The van der Waals surface area contributed by atoms with Gasteiger partial charge in [0.1, 0.15) is 11.5 Å². The van der Waals surface area contributed by atoms with Crippen molar-refractivity contribution in [1.29, 1.82) is 0 Å². The van der Waals surface area contributed by atoms with Gasteiger partial charge in [0.05, 0.1) is 18.7 Å². The van der Waals surface area contributed by atoms with Crippen molar-refractivity contribution >= 4 is 27.4 Å². The van der Waals surface area contributed by atoms with Crippen LogP contribution in [0.5, 0.6) is 0 Å². The molecule has 0 unspecified atom stereocenters. The van der Waals surface area contributed by atoms with Crippen LogP contribution in [0.1, 0.15) is 13.8 Å². The molecule has 3 N–H and O–H groups in total. The molecule has 104 valence electrons. The fraction of sp³-hybridized carbons (Fsp3) is 0.286. The SMILES string of the molecule is [C-]#[N+]c1c(-c2ccc(Br)cc2)nn(CC(C)(C)O)c1N. The average molecular weight is 335 g/mol. The lowest BCUT2D eigenvalue weighted by atomic mass is 10.1. The van der Waals surface area contributed by atoms with Crippen LogP contribution < -0.4 is 5.73 Å². The summed E-state index contributed by atoms with van der Waals surface area (Å²) in [5.41, 5.74) is 6.68. The summed E-state index contributed by atoms with van der Waals surface area (Å²) in [5, 5.41) is 14.2. The largest absolute Gasteiger partial charge is 0.393 e. The van der Waals surface area contributed by atoms with Crippen LogP contribution in [0, 0.1) is 6.57 Å². The van der Waals surface area contributed by atoms with Crippen LogP contribution in [0.25, 0.3) is 16.1 Å². The van der Waals surface area contributed by atoms with E-state index in [1.54, 1.807) is 13.8 Å². The topological polar surface area (TPSA) is 68.4 Å². The molecule has 0 saturated carbocycles. The summed E-state index contributed by atoms with van der Waals surface area (Å²) in [4.78, 5) is 3.47. The third-order valence-electron chi connectivity index (χ3n) is 2.73. The Morgan fingerprint density at radius 3 is 2.50 bits per heavy atom. The van der Waals surface area contributed by atoms with Crippen LogP contribution in [-0.2, 0) is 6.54 Å². The maximum atomic E-state index is 9.88. The molecule has 5 nitrogen and oxygen atoms in total. The van der Waals surface area contributed by atoms with Crippen LogP contribution in [-0.4, -0.2) is 20.5 Å². The van der Waals surface area contributed by atoms with E-state index in [2.05, 4.69) is 25.9 Å². The second-order valence-corrected chi connectivity index (χ2v) is 6.09. The predicted octanol–water partition coefficient (Wildman–Crippen LogP) is 3.22. The Labute approximate surface area is 126 Å². The fourth-order valence-corrected chi connectivity index (χ4v) is 2.13. The number of rotatable bonds is 3. The van der Waals surface area contributed by atoms with E-state index in [0.717, 1.165) is 10.0 Å². The summed E-state index contributed by atoms with van der Waals surface area (Å²) < 4.78 is 2.43. The van der Waals surface area contributed by atoms with Crippen molar-refractivity contribution in [1.82, 2.24) is 9.78 Å². The molecule has 1 aromatic carbocycles. The zero-order valence-corrected chi connectivity index (χ0v) is 12.8. The van der Waals surface area contributed by atoms with E-state index < -0.39 is 5.60 Å². The van der Waals surface area contributed by atoms with Crippen molar-refractivity contribution in [3.05, 3.63) is 40.2 Å². The number of aromatic nitrogens is 2. The molecule has 0 saturated heterocycles. The Bertz CT molecular complexity index is 662. The van der Waals surface area contributed by atoms with E-state index in [9.17, 15) is 5.11 Å². The highest BCUT2D eigenvalue weighted by molar-refractivity contribution is 9.10. The van der Waals surface area contributed by atoms with E-state index >= 15 is 0 Å². The molecule has 1 heterocycles. The van der Waals surface area contributed by atoms with Gasteiger partial charge in [0.15, 0.2) is 0 Å². The monoisotopic (exact) mass is 334 g/mol. The zero-order chi connectivity index (χ0) is 14.9. The third kappa shape index (κ3) is 3.00. The molecule has 1 aromatic heterocycles. The molecule has 0 amide bonds. The van der Waals surface area contributed by atoms with Gasteiger partial charge in [-0.3, -0.25) is 4.68 Å². The number of benzene rings is 1. The first-order valence-electron chi connectivity index (χ1n) is 6.04. The van der Waals surface area contributed by atoms with Gasteiger partial charge in [-0.15, -0.1) is 0 Å². The first-order chi connectivity index (χ1) is 9.31. The molecular weight excluding hydrogens is 320 g/mol. The van der Waals surface area contributed by atoms with Gasteiger partial charge in [0, 0.05) is 4.47 Å². The molecule has 0 spiro atoms. The highest BCUT2D eigenvalue weighted by atomic mass is 79.9. The highest BCUT2D eigenvalue weighted by Crippen LogP contribution is 2.35. The van der Waals surface area contributed by atoms with Crippen LogP contribution in [0.15, 0.2) is 28.7 Å². The van der Waals surface area contributed by atoms with Gasteiger partial charge in [-0.1, -0.05) is 28.1 Å². The van der Waals surface area contributed by atoms with Gasteiger partial charge < -0.3 is 10.8 Å². The average Bonchev–Trinajstić information content (AvgIpc) is 2.65. The summed E-state index contributed by atoms with van der Waals surface area (Å²) >= 11 is 3.37. The minimum atomic E-state index is -0.948. The van der Waals surface area contributed by atoms with Crippen LogP contribution in [0.3, 0.4) is 0 Å². The number of halogens is 1. The number of nitrogens with zero attached hydrogens (tertiary/aromatic N) is 3. The summed E-state index contributed by atoms with van der Waals surface area (Å²) in [7, 11) is 0. The molecule has 0 atom stereocenters. The molecule has 0 bridgehead atoms. The van der Waals surface area contributed by atoms with E-state index in [4.69, 9.17) is 12.3 Å². The van der Waals surface area contributed by atoms with Crippen molar-refractivity contribution in [3.63, 3.8) is 0 Å². The predicted molar refractivity (Wildman–Crippen MR) is 82.3 cm³/mol. The summed E-state index contributed by atoms with van der Waals surface area (Å²) in [5.74, 6) is 0.278. The molecule has 0 fully saturated rings. The Balaban J connectivity index is 2.52. The molecule has 2 rings (SSSR count). The molecule has 0 aliphatic carbocycles. The lowest BCUT2D eigenvalue weighted by molar-refractivity contribution is 0.0585. The second kappa shape index (κ2) is 5.27. The smallest absolute Gasteiger partial charge is 0.254 e. The first kappa shape index (κ1) is 14.6. The maximum Gasteiger partial charge on any atom is 0.254 e. The summed E-state index contributed by atoms with van der Waals surface area (Å²) in [6.07, 6.45) is 0. The molecule has 2 aromatic rings. The number of hydrogen-bond donors (Lipinski definition) is 2. The van der Waals surface area contributed by atoms with Crippen LogP contribution in [0.2, 0.25) is 0 Å². The maximum absolute atomic E-state index is 9.88. The van der Waals surface area contributed by atoms with Crippen molar-refractivity contribution in [2.24, 2.45) is 0 Å². The van der Waals surface area contributed by atoms with Gasteiger partial charge >= 0.3 is 0 Å². The number of nitrogen functional groups attached to an aromatic ring is 1. The van der Waals surface area contributed by atoms with E-state index in [0.29, 0.717) is 11.4 Å². The molecule has 20 heavy (non-hydrogen) atoms. The molecular formula is C14H15BrN4O. The van der Waals surface area contributed by atoms with Crippen molar-refractivity contribution in [3.8, 4) is 11.3 Å². The van der Waals surface area contributed by atoms with Gasteiger partial charge in [-0.2, -0.15) is 5.10 Å². The fourth-order valence-electron chi connectivity index (χ4n) is 1.86. The van der Waals surface area contributed by atoms with Crippen molar-refractivity contribution in [2.45, 2.75) is 26.0 Å². The Morgan fingerprint density at radius 2 is 2.00 bits per heavy atom. The molecule has 0 aliphatic rings. The van der Waals surface area contributed by atoms with Crippen LogP contribution >= 0.6 is 15.9 Å². The minimum absolute atomic E-state index is 0.234. The van der Waals surface area contributed by atoms with E-state index in [-0.39, 0.29) is 12.4 Å². The van der Waals surface area contributed by atoms with Gasteiger partial charge in [-0.25, -0.2) is 4.85 Å². The Kier molecular flexibility index (Phi) is 3.84. The van der Waals surface area contributed by atoms with Gasteiger partial charge in [0.2, 0.25) is 0 Å². The highest BCUT2D eigenvalue weighted by Gasteiger charge is 2.21. The normalized spacial score (nSPS) is 11.3. The van der Waals surface area contributed by atoms with Gasteiger partial charge in [0.25, 0.3) is 5.69 Å². The first-order valence-corrected chi connectivity index (χ1v) is 6.83. The quantitative estimate of drug-likeness (QED) is 0.847. The number of hydrogen-bond acceptors (Lipinski definition) is 3. The van der Waals surface area contributed by atoms with E-state index in [1.807, 2.05) is 24.3 Å². The standard InChI is InChI=1S/C14H15BrN4O/c1-14(2,20)8-19-13(16)12(17-3)11(18-19)9-4-6-10(15)7-5-9/h4-7,20H,8,16H2,1-2H3. The lowest BCUT2D eigenvalue weighted by Crippen LogP contribution is -2.27. The molecule has 0 radical (unpaired) electrons. The molecule has 6 heteroatoms. The Hall–Kier alpha value is -1.84. The lowest BCUT2D eigenvalue weighted by Gasteiger charge is -2.17. The molecule has 0 aliphatic heterocycles. The van der Waals surface area contributed by atoms with Gasteiger partial charge in [-0.05, 0) is 31.5 Å².